The molecule has 2 fully saturated rings. The molecule has 4 atom stereocenters. The topological polar surface area (TPSA) is 55.1 Å². The van der Waals surface area contributed by atoms with Crippen LogP contribution in [-0.4, -0.2) is 11.9 Å². The molecule has 2 aliphatic carbocycles. The number of carbonyl (C=O) groups is 1. The number of rotatable bonds is 3. The molecular formula is C16H19F3N2O. The van der Waals surface area contributed by atoms with E-state index in [1.54, 1.807) is 6.07 Å². The third-order valence-corrected chi connectivity index (χ3v) is 5.06. The first-order valence-corrected chi connectivity index (χ1v) is 7.56. The van der Waals surface area contributed by atoms with E-state index < -0.39 is 11.7 Å². The molecule has 22 heavy (non-hydrogen) atoms. The molecule has 3 nitrogen and oxygen atoms in total. The maximum atomic E-state index is 12.9. The molecule has 0 aliphatic heterocycles. The molecule has 1 aromatic rings. The lowest BCUT2D eigenvalue weighted by Gasteiger charge is -2.27. The molecule has 0 aromatic heterocycles. The quantitative estimate of drug-likeness (QED) is 0.901. The van der Waals surface area contributed by atoms with E-state index >= 15 is 0 Å². The summed E-state index contributed by atoms with van der Waals surface area (Å²) in [6, 6.07) is 5.16. The molecule has 2 aliphatic rings. The van der Waals surface area contributed by atoms with E-state index in [-0.39, 0.29) is 35.9 Å². The van der Waals surface area contributed by atoms with E-state index in [2.05, 4.69) is 5.32 Å². The first-order chi connectivity index (χ1) is 10.4. The normalized spacial score (nSPS) is 30.5. The van der Waals surface area contributed by atoms with Gasteiger partial charge in [-0.15, -0.1) is 0 Å². The number of nitrogens with two attached hydrogens (primary N) is 1. The van der Waals surface area contributed by atoms with Crippen molar-refractivity contribution in [1.82, 2.24) is 5.32 Å². The fourth-order valence-corrected chi connectivity index (χ4v) is 3.98. The number of nitrogens with one attached hydrogen (secondary N) is 1. The Kier molecular flexibility index (Phi) is 3.89. The molecule has 4 unspecified atom stereocenters. The summed E-state index contributed by atoms with van der Waals surface area (Å²) in [5.74, 6) is 0.217. The van der Waals surface area contributed by atoms with Gasteiger partial charge in [0, 0.05) is 12.6 Å². The van der Waals surface area contributed by atoms with E-state index in [1.807, 2.05) is 0 Å². The third-order valence-electron chi connectivity index (χ3n) is 5.06. The monoisotopic (exact) mass is 312 g/mol. The zero-order valence-corrected chi connectivity index (χ0v) is 12.1. The van der Waals surface area contributed by atoms with Gasteiger partial charge in [-0.3, -0.25) is 4.79 Å². The molecule has 2 bridgehead atoms. The van der Waals surface area contributed by atoms with Crippen molar-refractivity contribution in [3.63, 3.8) is 0 Å². The van der Waals surface area contributed by atoms with Crippen LogP contribution in [0.4, 0.5) is 13.2 Å². The van der Waals surface area contributed by atoms with E-state index in [0.717, 1.165) is 25.3 Å². The summed E-state index contributed by atoms with van der Waals surface area (Å²) in [5.41, 5.74) is 5.47. The van der Waals surface area contributed by atoms with Gasteiger partial charge in [-0.25, -0.2) is 0 Å². The third kappa shape index (κ3) is 2.72. The van der Waals surface area contributed by atoms with Crippen LogP contribution < -0.4 is 11.1 Å². The number of benzene rings is 1. The van der Waals surface area contributed by atoms with Crippen LogP contribution in [0.2, 0.25) is 0 Å². The maximum Gasteiger partial charge on any atom is 0.416 e. The van der Waals surface area contributed by atoms with Crippen molar-refractivity contribution < 1.29 is 18.0 Å². The van der Waals surface area contributed by atoms with Crippen LogP contribution in [0.15, 0.2) is 24.3 Å². The van der Waals surface area contributed by atoms with Crippen LogP contribution in [0, 0.1) is 17.8 Å². The fraction of sp³-hybridized carbons (Fsp3) is 0.562. The highest BCUT2D eigenvalue weighted by atomic mass is 19.4. The molecule has 1 amide bonds. The second-order valence-corrected chi connectivity index (χ2v) is 6.31. The second-order valence-electron chi connectivity index (χ2n) is 6.31. The van der Waals surface area contributed by atoms with Gasteiger partial charge in [-0.2, -0.15) is 13.2 Å². The highest BCUT2D eigenvalue weighted by molar-refractivity contribution is 5.80. The number of hydrogen-bond donors (Lipinski definition) is 2. The average Bonchev–Trinajstić information content (AvgIpc) is 3.05. The lowest BCUT2D eigenvalue weighted by atomic mass is 9.84. The smallest absolute Gasteiger partial charge is 0.352 e. The Morgan fingerprint density at radius 2 is 1.91 bits per heavy atom. The summed E-state index contributed by atoms with van der Waals surface area (Å²) in [5, 5.41) is 2.65. The van der Waals surface area contributed by atoms with E-state index in [9.17, 15) is 18.0 Å². The predicted octanol–water partition coefficient (Wildman–Crippen LogP) is 2.70. The predicted molar refractivity (Wildman–Crippen MR) is 75.6 cm³/mol. The standard InChI is InChI=1S/C16H19F3N2O/c17-16(18,19)12-4-2-1-3-11(12)8-21-15(22)13-9-5-6-10(7-9)14(13)20/h1-4,9-10,13-14H,5-8,20H2,(H,21,22). The van der Waals surface area contributed by atoms with Crippen molar-refractivity contribution in [3.8, 4) is 0 Å². The molecule has 0 radical (unpaired) electrons. The average molecular weight is 312 g/mol. The van der Waals surface area contributed by atoms with Crippen LogP contribution in [0.1, 0.15) is 30.4 Å². The van der Waals surface area contributed by atoms with E-state index in [4.69, 9.17) is 5.73 Å². The minimum Gasteiger partial charge on any atom is -0.352 e. The van der Waals surface area contributed by atoms with Crippen molar-refractivity contribution in [1.29, 1.82) is 0 Å². The van der Waals surface area contributed by atoms with Gasteiger partial charge in [0.05, 0.1) is 11.5 Å². The lowest BCUT2D eigenvalue weighted by Crippen LogP contribution is -2.45. The van der Waals surface area contributed by atoms with Crippen LogP contribution >= 0.6 is 0 Å². The molecule has 3 rings (SSSR count). The molecular weight excluding hydrogens is 293 g/mol. The van der Waals surface area contributed by atoms with Crippen LogP contribution in [0.5, 0.6) is 0 Å². The second kappa shape index (κ2) is 5.57. The fourth-order valence-electron chi connectivity index (χ4n) is 3.98. The summed E-state index contributed by atoms with van der Waals surface area (Å²) < 4.78 is 38.8. The number of hydrogen-bond acceptors (Lipinski definition) is 2. The van der Waals surface area contributed by atoms with E-state index in [1.165, 1.54) is 12.1 Å². The number of alkyl halides is 3. The Morgan fingerprint density at radius 3 is 2.55 bits per heavy atom. The van der Waals surface area contributed by atoms with Gasteiger partial charge in [-0.05, 0) is 42.7 Å². The summed E-state index contributed by atoms with van der Waals surface area (Å²) in [6.45, 7) is -0.116. The van der Waals surface area contributed by atoms with Crippen molar-refractivity contribution in [2.24, 2.45) is 23.5 Å². The number of carbonyl (C=O) groups excluding carboxylic acids is 1. The summed E-state index contributed by atoms with van der Waals surface area (Å²) in [7, 11) is 0. The summed E-state index contributed by atoms with van der Waals surface area (Å²) in [6.07, 6.45) is -1.38. The first kappa shape index (κ1) is 15.3. The number of halogens is 3. The summed E-state index contributed by atoms with van der Waals surface area (Å²) >= 11 is 0. The molecule has 2 saturated carbocycles. The van der Waals surface area contributed by atoms with Gasteiger partial charge < -0.3 is 11.1 Å². The molecule has 120 valence electrons. The van der Waals surface area contributed by atoms with Gasteiger partial charge in [0.15, 0.2) is 0 Å². The SMILES string of the molecule is NC1C2CCC(C2)C1C(=O)NCc1ccccc1C(F)(F)F. The Bertz CT molecular complexity index is 571. The van der Waals surface area contributed by atoms with Gasteiger partial charge in [0.1, 0.15) is 0 Å². The Morgan fingerprint density at radius 1 is 1.23 bits per heavy atom. The molecule has 1 aromatic carbocycles. The van der Waals surface area contributed by atoms with Crippen LogP contribution in [-0.2, 0) is 17.5 Å². The highest BCUT2D eigenvalue weighted by Crippen LogP contribution is 2.47. The molecule has 6 heteroatoms. The highest BCUT2D eigenvalue weighted by Gasteiger charge is 2.49. The van der Waals surface area contributed by atoms with Gasteiger partial charge in [0.2, 0.25) is 5.91 Å². The van der Waals surface area contributed by atoms with Crippen molar-refractivity contribution in [2.75, 3.05) is 0 Å². The maximum absolute atomic E-state index is 12.9. The number of fused-ring (bicyclic) bond motifs is 2. The van der Waals surface area contributed by atoms with Gasteiger partial charge in [-0.1, -0.05) is 18.2 Å². The van der Waals surface area contributed by atoms with E-state index in [0.29, 0.717) is 5.92 Å². The molecule has 0 saturated heterocycles. The minimum atomic E-state index is -4.41. The van der Waals surface area contributed by atoms with Crippen molar-refractivity contribution in [2.45, 2.75) is 38.0 Å². The Labute approximate surface area is 127 Å². The molecule has 0 spiro atoms. The zero-order valence-electron chi connectivity index (χ0n) is 12.1. The van der Waals surface area contributed by atoms with Gasteiger partial charge >= 0.3 is 6.18 Å². The molecule has 3 N–H and O–H groups in total. The van der Waals surface area contributed by atoms with Crippen molar-refractivity contribution in [3.05, 3.63) is 35.4 Å². The number of amides is 1. The van der Waals surface area contributed by atoms with Gasteiger partial charge in [0.25, 0.3) is 0 Å². The minimum absolute atomic E-state index is 0.0834. The van der Waals surface area contributed by atoms with Crippen LogP contribution in [0.25, 0.3) is 0 Å². The largest absolute Gasteiger partial charge is 0.416 e. The lowest BCUT2D eigenvalue weighted by molar-refractivity contribution is -0.138. The Balaban J connectivity index is 1.67. The zero-order chi connectivity index (χ0) is 15.9. The van der Waals surface area contributed by atoms with Crippen LogP contribution in [0.3, 0.4) is 0 Å². The first-order valence-electron chi connectivity index (χ1n) is 7.56. The Hall–Kier alpha value is -1.56. The van der Waals surface area contributed by atoms with Crippen molar-refractivity contribution >= 4 is 5.91 Å². The summed E-state index contributed by atoms with van der Waals surface area (Å²) in [4.78, 5) is 12.3. The molecule has 0 heterocycles.